The zero-order chi connectivity index (χ0) is 14.2. The Bertz CT molecular complexity index is 384. The highest BCUT2D eigenvalue weighted by Gasteiger charge is 2.66. The highest BCUT2D eigenvalue weighted by molar-refractivity contribution is 14.0. The molecule has 1 heterocycles. The molecule has 2 aliphatic carbocycles. The van der Waals surface area contributed by atoms with Gasteiger partial charge in [0.05, 0.1) is 6.10 Å². The van der Waals surface area contributed by atoms with Crippen molar-refractivity contribution < 1.29 is 4.74 Å². The molecular formula is C16H30IN3O. The third-order valence-corrected chi connectivity index (χ3v) is 5.64. The lowest BCUT2D eigenvalue weighted by molar-refractivity contribution is -0.171. The number of hydrogen-bond donors (Lipinski definition) is 2. The van der Waals surface area contributed by atoms with Crippen molar-refractivity contribution in [1.82, 2.24) is 10.6 Å². The molecule has 1 aliphatic heterocycles. The van der Waals surface area contributed by atoms with Crippen LogP contribution in [0.1, 0.15) is 52.9 Å². The van der Waals surface area contributed by atoms with E-state index in [9.17, 15) is 0 Å². The van der Waals surface area contributed by atoms with Crippen molar-refractivity contribution >= 4 is 29.9 Å². The molecule has 2 saturated carbocycles. The normalized spacial score (nSPS) is 34.2. The molecule has 3 aliphatic rings. The number of halogens is 1. The summed E-state index contributed by atoms with van der Waals surface area (Å²) < 4.78 is 5.98. The summed E-state index contributed by atoms with van der Waals surface area (Å²) in [5, 5.41) is 7.27. The molecule has 0 aromatic rings. The van der Waals surface area contributed by atoms with Gasteiger partial charge in [-0.3, -0.25) is 4.99 Å². The first-order valence-electron chi connectivity index (χ1n) is 8.40. The van der Waals surface area contributed by atoms with Crippen LogP contribution < -0.4 is 10.6 Å². The van der Waals surface area contributed by atoms with Crippen molar-refractivity contribution in [2.75, 3.05) is 13.2 Å². The topological polar surface area (TPSA) is 45.7 Å². The smallest absolute Gasteiger partial charge is 0.191 e. The number of nitrogens with one attached hydrogen (secondary N) is 2. The standard InChI is InChI=1S/C16H29N3O.HI/c1-4-11(3)18-15(17-5-2)19-13-12-7-10-20-14(12)16(13)8-6-9-16;/h11-14H,4-10H2,1-3H3,(H2,17,18,19);1H. The molecular weight excluding hydrogens is 377 g/mol. The molecule has 1 saturated heterocycles. The van der Waals surface area contributed by atoms with Crippen LogP contribution in [-0.4, -0.2) is 37.3 Å². The van der Waals surface area contributed by atoms with Crippen molar-refractivity contribution in [1.29, 1.82) is 0 Å². The fourth-order valence-electron chi connectivity index (χ4n) is 4.23. The van der Waals surface area contributed by atoms with Gasteiger partial charge in [0.25, 0.3) is 0 Å². The Balaban J connectivity index is 0.00000161. The number of nitrogens with zero attached hydrogens (tertiary/aromatic N) is 1. The van der Waals surface area contributed by atoms with Crippen molar-refractivity contribution in [3.8, 4) is 0 Å². The third kappa shape index (κ3) is 2.92. The van der Waals surface area contributed by atoms with E-state index in [0.29, 0.717) is 29.5 Å². The van der Waals surface area contributed by atoms with E-state index >= 15 is 0 Å². The number of ether oxygens (including phenoxy) is 1. The summed E-state index contributed by atoms with van der Waals surface area (Å²) in [5.41, 5.74) is 0.423. The van der Waals surface area contributed by atoms with Gasteiger partial charge in [0.1, 0.15) is 0 Å². The predicted octanol–water partition coefficient (Wildman–Crippen LogP) is 2.92. The van der Waals surface area contributed by atoms with E-state index < -0.39 is 0 Å². The maximum atomic E-state index is 5.98. The summed E-state index contributed by atoms with van der Waals surface area (Å²) >= 11 is 0. The largest absolute Gasteiger partial charge is 0.377 e. The first kappa shape index (κ1) is 17.3. The lowest BCUT2D eigenvalue weighted by Gasteiger charge is -2.63. The van der Waals surface area contributed by atoms with Gasteiger partial charge in [-0.25, -0.2) is 0 Å². The Morgan fingerprint density at radius 1 is 1.38 bits per heavy atom. The van der Waals surface area contributed by atoms with Gasteiger partial charge in [-0.05, 0) is 39.5 Å². The molecule has 5 heteroatoms. The maximum absolute atomic E-state index is 5.98. The molecule has 0 aromatic heterocycles. The van der Waals surface area contributed by atoms with Gasteiger partial charge in [-0.15, -0.1) is 24.0 Å². The number of fused-ring (bicyclic) bond motifs is 2. The fourth-order valence-corrected chi connectivity index (χ4v) is 4.23. The number of rotatable bonds is 4. The molecule has 4 unspecified atom stereocenters. The van der Waals surface area contributed by atoms with Crippen LogP contribution in [0.15, 0.2) is 4.99 Å². The van der Waals surface area contributed by atoms with E-state index in [-0.39, 0.29) is 24.0 Å². The Hall–Kier alpha value is -0.0400. The van der Waals surface area contributed by atoms with Crippen LogP contribution in [0, 0.1) is 11.3 Å². The van der Waals surface area contributed by atoms with E-state index in [1.54, 1.807) is 0 Å². The van der Waals surface area contributed by atoms with Crippen molar-refractivity contribution in [3.05, 3.63) is 0 Å². The summed E-state index contributed by atoms with van der Waals surface area (Å²) in [5.74, 6) is 1.71. The van der Waals surface area contributed by atoms with E-state index in [2.05, 4.69) is 36.4 Å². The number of guanidine groups is 1. The van der Waals surface area contributed by atoms with Crippen molar-refractivity contribution in [2.45, 2.75) is 71.1 Å². The summed E-state index contributed by atoms with van der Waals surface area (Å²) in [6.45, 7) is 8.30. The minimum absolute atomic E-state index is 0. The Morgan fingerprint density at radius 2 is 2.14 bits per heavy atom. The molecule has 0 aromatic carbocycles. The molecule has 4 atom stereocenters. The first-order valence-corrected chi connectivity index (χ1v) is 8.40. The average molecular weight is 407 g/mol. The van der Waals surface area contributed by atoms with E-state index in [1.165, 1.54) is 25.7 Å². The zero-order valence-corrected chi connectivity index (χ0v) is 15.9. The highest BCUT2D eigenvalue weighted by atomic mass is 127. The second-order valence-corrected chi connectivity index (χ2v) is 6.73. The lowest BCUT2D eigenvalue weighted by atomic mass is 9.46. The Labute approximate surface area is 145 Å². The summed E-state index contributed by atoms with van der Waals surface area (Å²) in [6.07, 6.45) is 6.88. The van der Waals surface area contributed by atoms with E-state index in [1.807, 2.05) is 0 Å². The minimum atomic E-state index is 0. The van der Waals surface area contributed by atoms with Gasteiger partial charge in [-0.1, -0.05) is 13.3 Å². The van der Waals surface area contributed by atoms with E-state index in [4.69, 9.17) is 4.74 Å². The minimum Gasteiger partial charge on any atom is -0.377 e. The number of hydrogen-bond acceptors (Lipinski definition) is 2. The van der Waals surface area contributed by atoms with Crippen LogP contribution in [0.3, 0.4) is 0 Å². The van der Waals surface area contributed by atoms with Crippen LogP contribution in [0.4, 0.5) is 0 Å². The van der Waals surface area contributed by atoms with Gasteiger partial charge in [0, 0.05) is 36.6 Å². The fraction of sp³-hybridized carbons (Fsp3) is 0.938. The lowest BCUT2D eigenvalue weighted by Crippen LogP contribution is -2.72. The van der Waals surface area contributed by atoms with Gasteiger partial charge in [0.15, 0.2) is 5.96 Å². The predicted molar refractivity (Wildman–Crippen MR) is 97.3 cm³/mol. The second-order valence-electron chi connectivity index (χ2n) is 6.73. The van der Waals surface area contributed by atoms with Crippen molar-refractivity contribution in [3.63, 3.8) is 0 Å². The molecule has 0 radical (unpaired) electrons. The third-order valence-electron chi connectivity index (χ3n) is 5.64. The second kappa shape index (κ2) is 7.02. The summed E-state index contributed by atoms with van der Waals surface area (Å²) in [4.78, 5) is 4.63. The van der Waals surface area contributed by atoms with Gasteiger partial charge >= 0.3 is 0 Å². The molecule has 3 fully saturated rings. The van der Waals surface area contributed by atoms with Gasteiger partial charge < -0.3 is 15.4 Å². The van der Waals surface area contributed by atoms with Crippen LogP contribution in [-0.2, 0) is 4.74 Å². The molecule has 0 bridgehead atoms. The van der Waals surface area contributed by atoms with Gasteiger partial charge in [-0.2, -0.15) is 0 Å². The van der Waals surface area contributed by atoms with Crippen LogP contribution >= 0.6 is 24.0 Å². The molecule has 2 N–H and O–H groups in total. The number of aliphatic imine (C=N–C) groups is 1. The highest BCUT2D eigenvalue weighted by Crippen LogP contribution is 2.62. The molecule has 0 amide bonds. The maximum Gasteiger partial charge on any atom is 0.191 e. The summed E-state index contributed by atoms with van der Waals surface area (Å²) in [7, 11) is 0. The Morgan fingerprint density at radius 3 is 2.71 bits per heavy atom. The molecule has 122 valence electrons. The van der Waals surface area contributed by atoms with Gasteiger partial charge in [0.2, 0.25) is 0 Å². The monoisotopic (exact) mass is 407 g/mol. The zero-order valence-electron chi connectivity index (χ0n) is 13.5. The van der Waals surface area contributed by atoms with Crippen molar-refractivity contribution in [2.24, 2.45) is 16.3 Å². The Kier molecular flexibility index (Phi) is 5.79. The van der Waals surface area contributed by atoms with E-state index in [0.717, 1.165) is 25.5 Å². The quantitative estimate of drug-likeness (QED) is 0.428. The molecule has 1 spiro atoms. The van der Waals surface area contributed by atoms with Crippen LogP contribution in [0.2, 0.25) is 0 Å². The molecule has 21 heavy (non-hydrogen) atoms. The SMILES string of the molecule is CCN=C(NC(C)CC)NC1C2CCOC2C12CCC2.I. The average Bonchev–Trinajstić information content (AvgIpc) is 2.79. The van der Waals surface area contributed by atoms with Crippen LogP contribution in [0.5, 0.6) is 0 Å². The first-order chi connectivity index (χ1) is 9.71. The molecule has 3 rings (SSSR count). The van der Waals surface area contributed by atoms with Crippen LogP contribution in [0.25, 0.3) is 0 Å². The summed E-state index contributed by atoms with van der Waals surface area (Å²) in [6, 6.07) is 1.05. The molecule has 4 nitrogen and oxygen atoms in total.